The molecule has 1 heterocycles. The second kappa shape index (κ2) is 4.46. The summed E-state index contributed by atoms with van der Waals surface area (Å²) < 4.78 is 7.33. The van der Waals surface area contributed by atoms with E-state index in [9.17, 15) is 0 Å². The zero-order valence-corrected chi connectivity index (χ0v) is 7.76. The van der Waals surface area contributed by atoms with Crippen molar-refractivity contribution in [2.75, 3.05) is 6.61 Å². The molecule has 0 aliphatic heterocycles. The third-order valence-corrected chi connectivity index (χ3v) is 1.83. The van der Waals surface area contributed by atoms with E-state index in [0.29, 0.717) is 6.61 Å². The van der Waals surface area contributed by atoms with E-state index in [2.05, 4.69) is 11.2 Å². The minimum absolute atomic E-state index is 0.625. The fourth-order valence-electron chi connectivity index (χ4n) is 1.16. The number of benzene rings is 1. The highest BCUT2D eigenvalue weighted by Gasteiger charge is 1.92. The second-order valence-corrected chi connectivity index (χ2v) is 2.86. The molecule has 0 saturated heterocycles. The van der Waals surface area contributed by atoms with Gasteiger partial charge >= 0.3 is 0 Å². The Morgan fingerprint density at radius 2 is 2.43 bits per heavy atom. The maximum atomic E-state index is 5.49. The third kappa shape index (κ3) is 2.36. The van der Waals surface area contributed by atoms with Gasteiger partial charge in [-0.25, -0.2) is 0 Å². The van der Waals surface area contributed by atoms with Crippen LogP contribution in [0.3, 0.4) is 0 Å². The Morgan fingerprint density at radius 1 is 1.43 bits per heavy atom. The summed E-state index contributed by atoms with van der Waals surface area (Å²) in [6.07, 6.45) is 3.68. The van der Waals surface area contributed by atoms with Gasteiger partial charge in [0.05, 0.1) is 6.54 Å². The fraction of sp³-hybridized carbons (Fsp3) is 0.182. The molecule has 0 unspecified atom stereocenters. The number of ether oxygens (including phenoxy) is 1. The van der Waals surface area contributed by atoms with Crippen molar-refractivity contribution < 1.29 is 4.74 Å². The first-order valence-corrected chi connectivity index (χ1v) is 4.51. The highest BCUT2D eigenvalue weighted by atomic mass is 16.5. The van der Waals surface area contributed by atoms with Crippen LogP contribution in [0.2, 0.25) is 0 Å². The van der Waals surface area contributed by atoms with Crippen LogP contribution in [-0.2, 0) is 6.54 Å². The zero-order valence-electron chi connectivity index (χ0n) is 7.76. The Hall–Kier alpha value is -1.77. The van der Waals surface area contributed by atoms with Gasteiger partial charge in [0, 0.05) is 12.4 Å². The lowest BCUT2D eigenvalue weighted by Gasteiger charge is -2.05. The molecule has 3 nitrogen and oxygen atoms in total. The van der Waals surface area contributed by atoms with Gasteiger partial charge < -0.3 is 4.74 Å². The van der Waals surface area contributed by atoms with Crippen LogP contribution < -0.4 is 4.74 Å². The molecule has 2 rings (SSSR count). The summed E-state index contributed by atoms with van der Waals surface area (Å²) in [6.45, 7) is 1.39. The normalized spacial score (nSPS) is 10.0. The zero-order chi connectivity index (χ0) is 9.64. The van der Waals surface area contributed by atoms with Crippen LogP contribution in [-0.4, -0.2) is 16.4 Å². The summed E-state index contributed by atoms with van der Waals surface area (Å²) in [5.74, 6) is 0.847. The SMILES string of the molecule is [c]1cccc(OCCn2cccn2)c1. The largest absolute Gasteiger partial charge is 0.492 e. The summed E-state index contributed by atoms with van der Waals surface area (Å²) in [4.78, 5) is 0. The predicted octanol–water partition coefficient (Wildman–Crippen LogP) is 1.76. The highest BCUT2D eigenvalue weighted by molar-refractivity contribution is 5.19. The summed E-state index contributed by atoms with van der Waals surface area (Å²) in [5, 5.41) is 4.08. The Labute approximate surface area is 82.9 Å². The fourth-order valence-corrected chi connectivity index (χ4v) is 1.16. The van der Waals surface area contributed by atoms with Gasteiger partial charge in [0.2, 0.25) is 0 Å². The molecule has 1 radical (unpaired) electrons. The molecule has 0 spiro atoms. The minimum atomic E-state index is 0.625. The van der Waals surface area contributed by atoms with Crippen molar-refractivity contribution in [3.63, 3.8) is 0 Å². The smallest absolute Gasteiger partial charge is 0.120 e. The van der Waals surface area contributed by atoms with Crippen LogP contribution in [0.25, 0.3) is 0 Å². The van der Waals surface area contributed by atoms with E-state index in [1.165, 1.54) is 0 Å². The Bertz CT molecular complexity index is 356. The van der Waals surface area contributed by atoms with Crippen LogP contribution in [0.15, 0.2) is 42.7 Å². The first kappa shape index (κ1) is 8.81. The molecule has 0 amide bonds. The molecule has 71 valence electrons. The molecular formula is C11H11N2O. The monoisotopic (exact) mass is 187 g/mol. The van der Waals surface area contributed by atoms with Gasteiger partial charge in [-0.15, -0.1) is 0 Å². The van der Waals surface area contributed by atoms with Crippen molar-refractivity contribution in [3.8, 4) is 5.75 Å². The van der Waals surface area contributed by atoms with E-state index in [1.807, 2.05) is 41.2 Å². The number of hydrogen-bond acceptors (Lipinski definition) is 2. The van der Waals surface area contributed by atoms with E-state index >= 15 is 0 Å². The Kier molecular flexibility index (Phi) is 2.81. The molecule has 0 atom stereocenters. The molecule has 3 heteroatoms. The molecule has 0 aliphatic rings. The van der Waals surface area contributed by atoms with Crippen LogP contribution in [0, 0.1) is 6.07 Å². The van der Waals surface area contributed by atoms with Crippen molar-refractivity contribution in [2.24, 2.45) is 0 Å². The summed E-state index contributed by atoms with van der Waals surface area (Å²) in [6, 6.07) is 12.3. The quantitative estimate of drug-likeness (QED) is 0.729. The predicted molar refractivity (Wildman–Crippen MR) is 53.0 cm³/mol. The maximum absolute atomic E-state index is 5.49. The standard InChI is InChI=1S/C11H11N2O/c1-2-5-11(6-3-1)14-10-9-13-8-4-7-12-13/h1-2,4-8H,9-10H2. The molecule has 0 fully saturated rings. The van der Waals surface area contributed by atoms with Gasteiger partial charge in [-0.1, -0.05) is 12.1 Å². The Morgan fingerprint density at radius 3 is 3.14 bits per heavy atom. The molecular weight excluding hydrogens is 176 g/mol. The molecule has 0 bridgehead atoms. The van der Waals surface area contributed by atoms with Crippen molar-refractivity contribution in [2.45, 2.75) is 6.54 Å². The van der Waals surface area contributed by atoms with Crippen molar-refractivity contribution in [1.29, 1.82) is 0 Å². The number of hydrogen-bond donors (Lipinski definition) is 0. The van der Waals surface area contributed by atoms with E-state index in [4.69, 9.17) is 4.74 Å². The van der Waals surface area contributed by atoms with Crippen LogP contribution >= 0.6 is 0 Å². The van der Waals surface area contributed by atoms with Crippen LogP contribution in [0.1, 0.15) is 0 Å². The van der Waals surface area contributed by atoms with Gasteiger partial charge in [0.25, 0.3) is 0 Å². The number of aromatic nitrogens is 2. The highest BCUT2D eigenvalue weighted by Crippen LogP contribution is 2.07. The van der Waals surface area contributed by atoms with Crippen molar-refractivity contribution in [1.82, 2.24) is 9.78 Å². The van der Waals surface area contributed by atoms with E-state index in [-0.39, 0.29) is 0 Å². The lowest BCUT2D eigenvalue weighted by molar-refractivity contribution is 0.291. The van der Waals surface area contributed by atoms with Gasteiger partial charge in [-0.05, 0) is 24.3 Å². The molecule has 0 N–H and O–H groups in total. The third-order valence-electron chi connectivity index (χ3n) is 1.83. The lowest BCUT2D eigenvalue weighted by atomic mass is 10.3. The van der Waals surface area contributed by atoms with E-state index in [0.717, 1.165) is 12.3 Å². The molecule has 14 heavy (non-hydrogen) atoms. The van der Waals surface area contributed by atoms with E-state index in [1.54, 1.807) is 6.20 Å². The second-order valence-electron chi connectivity index (χ2n) is 2.86. The molecule has 1 aromatic heterocycles. The summed E-state index contributed by atoms with van der Waals surface area (Å²) >= 11 is 0. The van der Waals surface area contributed by atoms with Crippen molar-refractivity contribution >= 4 is 0 Å². The molecule has 2 aromatic rings. The number of nitrogens with zero attached hydrogens (tertiary/aromatic N) is 2. The topological polar surface area (TPSA) is 27.1 Å². The maximum Gasteiger partial charge on any atom is 0.120 e. The first-order chi connectivity index (χ1) is 6.95. The van der Waals surface area contributed by atoms with Gasteiger partial charge in [0.15, 0.2) is 0 Å². The van der Waals surface area contributed by atoms with Crippen molar-refractivity contribution in [3.05, 3.63) is 48.8 Å². The first-order valence-electron chi connectivity index (χ1n) is 4.51. The molecule has 1 aromatic carbocycles. The molecule has 0 aliphatic carbocycles. The van der Waals surface area contributed by atoms with Gasteiger partial charge in [0.1, 0.15) is 12.4 Å². The summed E-state index contributed by atoms with van der Waals surface area (Å²) in [7, 11) is 0. The average Bonchev–Trinajstić information content (AvgIpc) is 2.72. The Balaban J connectivity index is 1.79. The molecule has 0 saturated carbocycles. The lowest BCUT2D eigenvalue weighted by Crippen LogP contribution is -2.08. The number of rotatable bonds is 4. The van der Waals surface area contributed by atoms with Gasteiger partial charge in [-0.2, -0.15) is 5.10 Å². The van der Waals surface area contributed by atoms with E-state index < -0.39 is 0 Å². The van der Waals surface area contributed by atoms with Crippen LogP contribution in [0.5, 0.6) is 5.75 Å². The summed E-state index contributed by atoms with van der Waals surface area (Å²) in [5.41, 5.74) is 0. The van der Waals surface area contributed by atoms with Crippen LogP contribution in [0.4, 0.5) is 0 Å². The minimum Gasteiger partial charge on any atom is -0.492 e. The average molecular weight is 187 g/mol. The van der Waals surface area contributed by atoms with Gasteiger partial charge in [-0.3, -0.25) is 4.68 Å².